The second-order valence-corrected chi connectivity index (χ2v) is 5.75. The number of nitrogens with one attached hydrogen (secondary N) is 1. The number of nitrogens with zero attached hydrogens (tertiary/aromatic N) is 1. The van der Waals surface area contributed by atoms with Crippen LogP contribution in [0, 0.1) is 5.92 Å². The molecule has 0 amide bonds. The molecule has 0 aliphatic heterocycles. The molecule has 0 saturated heterocycles. The highest BCUT2D eigenvalue weighted by Gasteiger charge is 2.18. The Kier molecular flexibility index (Phi) is 4.06. The molecule has 0 spiro atoms. The van der Waals surface area contributed by atoms with Crippen LogP contribution in [-0.4, -0.2) is 30.2 Å². The fourth-order valence-electron chi connectivity index (χ4n) is 1.29. The average Bonchev–Trinajstić information content (AvgIpc) is 2.14. The van der Waals surface area contributed by atoms with Crippen molar-refractivity contribution in [3.05, 3.63) is 23.9 Å². The Morgan fingerprint density at radius 2 is 2.18 bits per heavy atom. The third kappa shape index (κ3) is 4.03. The summed E-state index contributed by atoms with van der Waals surface area (Å²) < 4.78 is 25.5. The highest BCUT2D eigenvalue weighted by molar-refractivity contribution is 7.92. The minimum Gasteiger partial charge on any atom is -0.478 e. The van der Waals surface area contributed by atoms with E-state index in [-0.39, 0.29) is 23.1 Å². The van der Waals surface area contributed by atoms with Crippen molar-refractivity contribution in [3.63, 3.8) is 0 Å². The van der Waals surface area contributed by atoms with Crippen molar-refractivity contribution in [2.24, 2.45) is 5.92 Å². The van der Waals surface area contributed by atoms with Crippen molar-refractivity contribution in [1.82, 2.24) is 4.98 Å². The van der Waals surface area contributed by atoms with Crippen LogP contribution in [0.1, 0.15) is 24.2 Å². The lowest BCUT2D eigenvalue weighted by atomic mass is 10.3. The number of hydrogen-bond donors (Lipinski definition) is 2. The second kappa shape index (κ2) is 5.13. The number of pyridine rings is 1. The molecule has 1 aromatic rings. The molecule has 0 radical (unpaired) electrons. The summed E-state index contributed by atoms with van der Waals surface area (Å²) in [5.41, 5.74) is -0.167. The van der Waals surface area contributed by atoms with Gasteiger partial charge in [-0.1, -0.05) is 13.8 Å². The van der Waals surface area contributed by atoms with Crippen molar-refractivity contribution in [3.8, 4) is 0 Å². The lowest BCUT2D eigenvalue weighted by Crippen LogP contribution is -2.22. The lowest BCUT2D eigenvalue weighted by molar-refractivity contribution is 0.0697. The topological polar surface area (TPSA) is 96.4 Å². The van der Waals surface area contributed by atoms with Crippen LogP contribution in [0.15, 0.2) is 18.3 Å². The third-order valence-corrected chi connectivity index (χ3v) is 3.45. The summed E-state index contributed by atoms with van der Waals surface area (Å²) in [6.45, 7) is 3.52. The predicted molar refractivity (Wildman–Crippen MR) is 63.4 cm³/mol. The van der Waals surface area contributed by atoms with E-state index in [0.29, 0.717) is 0 Å². The van der Waals surface area contributed by atoms with Gasteiger partial charge in [0.2, 0.25) is 10.0 Å². The zero-order valence-corrected chi connectivity index (χ0v) is 10.4. The number of carboxylic acid groups (broad SMARTS) is 1. The molecular weight excluding hydrogens is 244 g/mol. The Morgan fingerprint density at radius 1 is 1.53 bits per heavy atom. The maximum absolute atomic E-state index is 11.6. The van der Waals surface area contributed by atoms with E-state index in [9.17, 15) is 13.2 Å². The summed E-state index contributed by atoms with van der Waals surface area (Å²) in [5, 5.41) is 8.87. The molecule has 1 aromatic heterocycles. The molecule has 0 fully saturated rings. The first kappa shape index (κ1) is 13.4. The zero-order valence-electron chi connectivity index (χ0n) is 9.54. The molecule has 0 aromatic carbocycles. The molecular formula is C10H14N2O4S. The summed E-state index contributed by atoms with van der Waals surface area (Å²) in [4.78, 5) is 14.6. The number of hydrogen-bond acceptors (Lipinski definition) is 4. The molecule has 0 saturated carbocycles. The van der Waals surface area contributed by atoms with E-state index in [4.69, 9.17) is 5.11 Å². The number of rotatable bonds is 5. The van der Waals surface area contributed by atoms with Gasteiger partial charge in [-0.05, 0) is 18.1 Å². The van der Waals surface area contributed by atoms with E-state index in [2.05, 4.69) is 9.71 Å². The van der Waals surface area contributed by atoms with Crippen LogP contribution in [0.5, 0.6) is 0 Å². The summed E-state index contributed by atoms with van der Waals surface area (Å²) in [7, 11) is -3.57. The van der Waals surface area contributed by atoms with Gasteiger partial charge in [-0.2, -0.15) is 0 Å². The summed E-state index contributed by atoms with van der Waals surface area (Å²) in [5.74, 6) is -1.51. The van der Waals surface area contributed by atoms with Gasteiger partial charge in [-0.15, -0.1) is 0 Å². The smallest absolute Gasteiger partial charge is 0.339 e. The number of aromatic carboxylic acids is 1. The van der Waals surface area contributed by atoms with E-state index < -0.39 is 16.0 Å². The number of sulfonamides is 1. The Morgan fingerprint density at radius 3 is 2.71 bits per heavy atom. The van der Waals surface area contributed by atoms with Crippen molar-refractivity contribution in [2.75, 3.05) is 10.5 Å². The lowest BCUT2D eigenvalue weighted by Gasteiger charge is -2.10. The molecule has 1 rings (SSSR count). The van der Waals surface area contributed by atoms with Gasteiger partial charge in [0, 0.05) is 6.20 Å². The number of carboxylic acids is 1. The van der Waals surface area contributed by atoms with Crippen molar-refractivity contribution >= 4 is 21.8 Å². The van der Waals surface area contributed by atoms with Gasteiger partial charge < -0.3 is 5.11 Å². The molecule has 1 heterocycles. The molecule has 0 bridgehead atoms. The molecule has 94 valence electrons. The normalized spacial score (nSPS) is 11.5. The van der Waals surface area contributed by atoms with E-state index >= 15 is 0 Å². The van der Waals surface area contributed by atoms with Crippen LogP contribution in [0.4, 0.5) is 5.82 Å². The van der Waals surface area contributed by atoms with Gasteiger partial charge in [0.05, 0.1) is 5.75 Å². The highest BCUT2D eigenvalue weighted by atomic mass is 32.2. The average molecular weight is 258 g/mol. The van der Waals surface area contributed by atoms with Crippen LogP contribution >= 0.6 is 0 Å². The maximum Gasteiger partial charge on any atom is 0.339 e. The molecule has 0 atom stereocenters. The quantitative estimate of drug-likeness (QED) is 0.826. The Balaban J connectivity index is 3.00. The monoisotopic (exact) mass is 258 g/mol. The van der Waals surface area contributed by atoms with E-state index in [1.54, 1.807) is 13.8 Å². The van der Waals surface area contributed by atoms with Gasteiger partial charge in [-0.3, -0.25) is 4.72 Å². The number of anilines is 1. The first-order valence-corrected chi connectivity index (χ1v) is 6.66. The molecule has 0 unspecified atom stereocenters. The molecule has 7 heteroatoms. The van der Waals surface area contributed by atoms with E-state index in [1.165, 1.54) is 18.3 Å². The first-order valence-electron chi connectivity index (χ1n) is 5.00. The first-order chi connectivity index (χ1) is 7.82. The van der Waals surface area contributed by atoms with Crippen LogP contribution in [0.25, 0.3) is 0 Å². The van der Waals surface area contributed by atoms with Crippen LogP contribution < -0.4 is 4.72 Å². The van der Waals surface area contributed by atoms with E-state index in [0.717, 1.165) is 0 Å². The van der Waals surface area contributed by atoms with Crippen molar-refractivity contribution in [2.45, 2.75) is 13.8 Å². The van der Waals surface area contributed by atoms with Crippen molar-refractivity contribution in [1.29, 1.82) is 0 Å². The fraction of sp³-hybridized carbons (Fsp3) is 0.400. The maximum atomic E-state index is 11.6. The highest BCUT2D eigenvalue weighted by Crippen LogP contribution is 2.14. The van der Waals surface area contributed by atoms with Gasteiger partial charge in [0.25, 0.3) is 0 Å². The molecule has 2 N–H and O–H groups in total. The number of carbonyl (C=O) groups is 1. The van der Waals surface area contributed by atoms with Gasteiger partial charge in [0.15, 0.2) is 5.82 Å². The minimum atomic E-state index is -3.57. The van der Waals surface area contributed by atoms with Gasteiger partial charge in [0.1, 0.15) is 5.56 Å². The minimum absolute atomic E-state index is 0.0514. The summed E-state index contributed by atoms with van der Waals surface area (Å²) >= 11 is 0. The standard InChI is InChI=1S/C10H14N2O4S/c1-7(2)6-17(15,16)12-9-8(10(13)14)4-3-5-11-9/h3-5,7H,6H2,1-2H3,(H,11,12)(H,13,14). The zero-order chi connectivity index (χ0) is 13.1. The Bertz CT molecular complexity index is 511. The van der Waals surface area contributed by atoms with Gasteiger partial charge >= 0.3 is 5.97 Å². The predicted octanol–water partition coefficient (Wildman–Crippen LogP) is 1.18. The number of aromatic nitrogens is 1. The SMILES string of the molecule is CC(C)CS(=O)(=O)Nc1ncccc1C(=O)O. The largest absolute Gasteiger partial charge is 0.478 e. The Labute approximate surface area is 99.7 Å². The van der Waals surface area contributed by atoms with Crippen LogP contribution in [0.3, 0.4) is 0 Å². The molecule has 0 aliphatic rings. The molecule has 17 heavy (non-hydrogen) atoms. The van der Waals surface area contributed by atoms with Crippen LogP contribution in [-0.2, 0) is 10.0 Å². The molecule has 6 nitrogen and oxygen atoms in total. The van der Waals surface area contributed by atoms with E-state index in [1.807, 2.05) is 0 Å². The second-order valence-electron chi connectivity index (χ2n) is 3.98. The van der Waals surface area contributed by atoms with Crippen molar-refractivity contribution < 1.29 is 18.3 Å². The third-order valence-electron chi connectivity index (χ3n) is 1.84. The molecule has 0 aliphatic carbocycles. The van der Waals surface area contributed by atoms with Crippen LogP contribution in [0.2, 0.25) is 0 Å². The van der Waals surface area contributed by atoms with Gasteiger partial charge in [-0.25, -0.2) is 18.2 Å². The Hall–Kier alpha value is -1.63. The fourth-order valence-corrected chi connectivity index (χ4v) is 2.71. The summed E-state index contributed by atoms with van der Waals surface area (Å²) in [6.07, 6.45) is 1.33. The summed E-state index contributed by atoms with van der Waals surface area (Å²) in [6, 6.07) is 2.73.